The first kappa shape index (κ1) is 15.6. The van der Waals surface area contributed by atoms with Crippen LogP contribution >= 0.6 is 0 Å². The second-order valence-electron chi connectivity index (χ2n) is 6.45. The molecule has 1 heterocycles. The molecule has 0 aliphatic carbocycles. The van der Waals surface area contributed by atoms with Crippen molar-refractivity contribution in [2.45, 2.75) is 33.6 Å². The zero-order valence-corrected chi connectivity index (χ0v) is 13.1. The summed E-state index contributed by atoms with van der Waals surface area (Å²) in [6.45, 7) is 8.07. The van der Waals surface area contributed by atoms with Gasteiger partial charge in [0, 0.05) is 30.6 Å². The molecule has 1 aromatic carbocycles. The molecule has 1 aliphatic heterocycles. The maximum atomic E-state index is 12.6. The molecule has 0 unspecified atom stereocenters. The molecule has 0 radical (unpaired) electrons. The third-order valence-corrected chi connectivity index (χ3v) is 3.91. The molecular formula is C18H23NO2. The van der Waals surface area contributed by atoms with Crippen LogP contribution in [0.2, 0.25) is 0 Å². The van der Waals surface area contributed by atoms with Gasteiger partial charge in [-0.15, -0.1) is 0 Å². The SMILES string of the molecule is Cc1ccc(C(=O)N2CCC(C)(C)C2)cc1C#CCCO. The Kier molecular flexibility index (Phi) is 4.69. The molecule has 0 aromatic heterocycles. The number of rotatable bonds is 2. The van der Waals surface area contributed by atoms with Gasteiger partial charge in [0.15, 0.2) is 0 Å². The number of aliphatic hydroxyl groups excluding tert-OH is 1. The summed E-state index contributed by atoms with van der Waals surface area (Å²) in [6, 6.07) is 5.69. The summed E-state index contributed by atoms with van der Waals surface area (Å²) in [5, 5.41) is 8.79. The van der Waals surface area contributed by atoms with Crippen molar-refractivity contribution in [3.05, 3.63) is 34.9 Å². The van der Waals surface area contributed by atoms with E-state index in [1.165, 1.54) is 0 Å². The Balaban J connectivity index is 2.19. The Morgan fingerprint density at radius 2 is 2.19 bits per heavy atom. The lowest BCUT2D eigenvalue weighted by molar-refractivity contribution is 0.0778. The van der Waals surface area contributed by atoms with Crippen molar-refractivity contribution in [2.75, 3.05) is 19.7 Å². The highest BCUT2D eigenvalue weighted by Crippen LogP contribution is 2.29. The molecule has 2 rings (SSSR count). The molecule has 1 saturated heterocycles. The Labute approximate surface area is 127 Å². The first-order valence-electron chi connectivity index (χ1n) is 7.43. The fraction of sp³-hybridized carbons (Fsp3) is 0.500. The van der Waals surface area contributed by atoms with Crippen LogP contribution in [0.5, 0.6) is 0 Å². The van der Waals surface area contributed by atoms with Gasteiger partial charge in [0.1, 0.15) is 0 Å². The first-order valence-corrected chi connectivity index (χ1v) is 7.43. The van der Waals surface area contributed by atoms with E-state index in [9.17, 15) is 4.79 Å². The van der Waals surface area contributed by atoms with Gasteiger partial charge < -0.3 is 10.0 Å². The monoisotopic (exact) mass is 285 g/mol. The van der Waals surface area contributed by atoms with Gasteiger partial charge in [-0.3, -0.25) is 4.79 Å². The van der Waals surface area contributed by atoms with E-state index in [0.717, 1.165) is 30.6 Å². The third kappa shape index (κ3) is 3.86. The van der Waals surface area contributed by atoms with E-state index in [-0.39, 0.29) is 17.9 Å². The molecule has 0 saturated carbocycles. The smallest absolute Gasteiger partial charge is 0.253 e. The molecule has 1 aromatic rings. The minimum atomic E-state index is 0.0630. The van der Waals surface area contributed by atoms with Gasteiger partial charge in [-0.25, -0.2) is 0 Å². The van der Waals surface area contributed by atoms with Crippen molar-refractivity contribution in [3.63, 3.8) is 0 Å². The van der Waals surface area contributed by atoms with Crippen LogP contribution in [-0.2, 0) is 0 Å². The summed E-state index contributed by atoms with van der Waals surface area (Å²) >= 11 is 0. The average Bonchev–Trinajstić information content (AvgIpc) is 2.80. The Bertz CT molecular complexity index is 593. The number of carbonyl (C=O) groups excluding carboxylic acids is 1. The standard InChI is InChI=1S/C18H23NO2/c1-14-7-8-16(12-15(14)6-4-5-11-20)17(21)19-10-9-18(2,3)13-19/h7-8,12,20H,5,9-11,13H2,1-3H3. The number of hydrogen-bond acceptors (Lipinski definition) is 2. The highest BCUT2D eigenvalue weighted by Gasteiger charge is 2.32. The molecule has 3 nitrogen and oxygen atoms in total. The molecule has 112 valence electrons. The number of aryl methyl sites for hydroxylation is 1. The number of benzene rings is 1. The van der Waals surface area contributed by atoms with Crippen molar-refractivity contribution in [1.82, 2.24) is 4.90 Å². The second kappa shape index (κ2) is 6.32. The summed E-state index contributed by atoms with van der Waals surface area (Å²) in [5.41, 5.74) is 2.84. The van der Waals surface area contributed by atoms with Gasteiger partial charge >= 0.3 is 0 Å². The molecule has 0 bridgehead atoms. The molecule has 21 heavy (non-hydrogen) atoms. The predicted octanol–water partition coefficient (Wildman–Crippen LogP) is 2.60. The van der Waals surface area contributed by atoms with Crippen molar-refractivity contribution in [3.8, 4) is 11.8 Å². The number of nitrogens with zero attached hydrogens (tertiary/aromatic N) is 1. The number of carbonyl (C=O) groups is 1. The van der Waals surface area contributed by atoms with E-state index in [1.54, 1.807) is 0 Å². The highest BCUT2D eigenvalue weighted by atomic mass is 16.2. The first-order chi connectivity index (χ1) is 9.93. The molecule has 0 spiro atoms. The molecule has 3 heteroatoms. The fourth-order valence-electron chi connectivity index (χ4n) is 2.57. The Morgan fingerprint density at radius 1 is 1.43 bits per heavy atom. The lowest BCUT2D eigenvalue weighted by atomic mass is 9.93. The van der Waals surface area contributed by atoms with Crippen LogP contribution in [0.1, 0.15) is 48.2 Å². The van der Waals surface area contributed by atoms with Gasteiger partial charge in [-0.05, 0) is 36.5 Å². The van der Waals surface area contributed by atoms with E-state index >= 15 is 0 Å². The molecular weight excluding hydrogens is 262 g/mol. The van der Waals surface area contributed by atoms with Gasteiger partial charge in [0.2, 0.25) is 0 Å². The molecule has 1 fully saturated rings. The summed E-state index contributed by atoms with van der Waals surface area (Å²) < 4.78 is 0. The minimum absolute atomic E-state index is 0.0630. The summed E-state index contributed by atoms with van der Waals surface area (Å²) in [7, 11) is 0. The zero-order chi connectivity index (χ0) is 15.5. The highest BCUT2D eigenvalue weighted by molar-refractivity contribution is 5.95. The average molecular weight is 285 g/mol. The third-order valence-electron chi connectivity index (χ3n) is 3.91. The topological polar surface area (TPSA) is 40.5 Å². The molecule has 0 atom stereocenters. The predicted molar refractivity (Wildman–Crippen MR) is 84.1 cm³/mol. The van der Waals surface area contributed by atoms with E-state index in [0.29, 0.717) is 12.0 Å². The van der Waals surface area contributed by atoms with Crippen LogP contribution in [0, 0.1) is 24.2 Å². The van der Waals surface area contributed by atoms with Crippen LogP contribution in [0.25, 0.3) is 0 Å². The molecule has 1 amide bonds. The Morgan fingerprint density at radius 3 is 2.81 bits per heavy atom. The molecule has 1 N–H and O–H groups in total. The largest absolute Gasteiger partial charge is 0.395 e. The second-order valence-corrected chi connectivity index (χ2v) is 6.45. The van der Waals surface area contributed by atoms with E-state index < -0.39 is 0 Å². The van der Waals surface area contributed by atoms with E-state index in [4.69, 9.17) is 5.11 Å². The van der Waals surface area contributed by atoms with E-state index in [1.807, 2.05) is 30.0 Å². The van der Waals surface area contributed by atoms with Crippen LogP contribution in [-0.4, -0.2) is 35.6 Å². The van der Waals surface area contributed by atoms with Crippen LogP contribution in [0.3, 0.4) is 0 Å². The molecule has 1 aliphatic rings. The number of amides is 1. The Hall–Kier alpha value is -1.79. The van der Waals surface area contributed by atoms with Crippen molar-refractivity contribution in [1.29, 1.82) is 0 Å². The van der Waals surface area contributed by atoms with Gasteiger partial charge in [0.05, 0.1) is 6.61 Å². The van der Waals surface area contributed by atoms with Gasteiger partial charge in [0.25, 0.3) is 5.91 Å². The van der Waals surface area contributed by atoms with Gasteiger partial charge in [-0.1, -0.05) is 31.8 Å². The maximum absolute atomic E-state index is 12.6. The number of likely N-dealkylation sites (tertiary alicyclic amines) is 1. The van der Waals surface area contributed by atoms with Gasteiger partial charge in [-0.2, -0.15) is 0 Å². The summed E-state index contributed by atoms with van der Waals surface area (Å²) in [5.74, 6) is 6.04. The quantitative estimate of drug-likeness (QED) is 0.849. The lowest BCUT2D eigenvalue weighted by Gasteiger charge is -2.20. The normalized spacial score (nSPS) is 16.5. The minimum Gasteiger partial charge on any atom is -0.395 e. The van der Waals surface area contributed by atoms with Crippen LogP contribution in [0.15, 0.2) is 18.2 Å². The summed E-state index contributed by atoms with van der Waals surface area (Å²) in [4.78, 5) is 14.5. The van der Waals surface area contributed by atoms with Crippen LogP contribution < -0.4 is 0 Å². The zero-order valence-electron chi connectivity index (χ0n) is 13.1. The maximum Gasteiger partial charge on any atom is 0.253 e. The van der Waals surface area contributed by atoms with E-state index in [2.05, 4.69) is 25.7 Å². The fourth-order valence-corrected chi connectivity index (χ4v) is 2.57. The van der Waals surface area contributed by atoms with Crippen molar-refractivity contribution < 1.29 is 9.90 Å². The number of hydrogen-bond donors (Lipinski definition) is 1. The number of aliphatic hydroxyl groups is 1. The van der Waals surface area contributed by atoms with Crippen LogP contribution in [0.4, 0.5) is 0 Å². The summed E-state index contributed by atoms with van der Waals surface area (Å²) in [6.07, 6.45) is 1.51. The van der Waals surface area contributed by atoms with Crippen molar-refractivity contribution >= 4 is 5.91 Å². The lowest BCUT2D eigenvalue weighted by Crippen LogP contribution is -2.30. The van der Waals surface area contributed by atoms with Crippen molar-refractivity contribution in [2.24, 2.45) is 5.41 Å².